The molecule has 0 fully saturated rings. The molecule has 0 bridgehead atoms. The van der Waals surface area contributed by atoms with Crippen LogP contribution in [-0.2, 0) is 4.79 Å². The number of fused-ring (bicyclic) bond motifs is 3. The fourth-order valence-electron chi connectivity index (χ4n) is 3.98. The van der Waals surface area contributed by atoms with Gasteiger partial charge in [0.05, 0.1) is 6.04 Å². The summed E-state index contributed by atoms with van der Waals surface area (Å²) < 4.78 is 0. The van der Waals surface area contributed by atoms with Gasteiger partial charge in [0.1, 0.15) is 0 Å². The Hall–Kier alpha value is -2.55. The van der Waals surface area contributed by atoms with Crippen molar-refractivity contribution in [2.75, 3.05) is 10.6 Å². The topological polar surface area (TPSA) is 41.1 Å². The van der Waals surface area contributed by atoms with Crippen LogP contribution in [-0.4, -0.2) is 5.91 Å². The highest BCUT2D eigenvalue weighted by molar-refractivity contribution is 5.89. The number of carbonyl (C=O) groups excluding carboxylic acids is 1. The number of hydrogen-bond donors (Lipinski definition) is 2. The first-order valence-electron chi connectivity index (χ1n) is 8.53. The number of rotatable bonds is 2. The standard InChI is InChI=1S/C21H22N2O/c1-13-6-8-15(9-7-13)21-18-5-3-4-17(18)19-12-16(22-14(2)24)10-11-20(19)23-21/h3-4,6-12,17-18,21,23H,5H2,1-2H3,(H,22,24). The lowest BCUT2D eigenvalue weighted by molar-refractivity contribution is -0.114. The van der Waals surface area contributed by atoms with Gasteiger partial charge in [0.2, 0.25) is 5.91 Å². The molecule has 2 N–H and O–H groups in total. The summed E-state index contributed by atoms with van der Waals surface area (Å²) >= 11 is 0. The summed E-state index contributed by atoms with van der Waals surface area (Å²) in [6, 6.07) is 15.3. The summed E-state index contributed by atoms with van der Waals surface area (Å²) in [7, 11) is 0. The number of hydrogen-bond acceptors (Lipinski definition) is 2. The van der Waals surface area contributed by atoms with Crippen molar-refractivity contribution in [1.82, 2.24) is 0 Å². The number of allylic oxidation sites excluding steroid dienone is 2. The van der Waals surface area contributed by atoms with Gasteiger partial charge in [-0.1, -0.05) is 42.0 Å². The van der Waals surface area contributed by atoms with E-state index in [1.54, 1.807) is 6.92 Å². The fraction of sp³-hybridized carbons (Fsp3) is 0.286. The first kappa shape index (κ1) is 15.0. The number of amides is 1. The second-order valence-corrected chi connectivity index (χ2v) is 6.87. The highest BCUT2D eigenvalue weighted by atomic mass is 16.1. The van der Waals surface area contributed by atoms with Gasteiger partial charge in [-0.15, -0.1) is 0 Å². The van der Waals surface area contributed by atoms with Crippen LogP contribution >= 0.6 is 0 Å². The summed E-state index contributed by atoms with van der Waals surface area (Å²) in [6.45, 7) is 3.67. The van der Waals surface area contributed by atoms with E-state index >= 15 is 0 Å². The van der Waals surface area contributed by atoms with Crippen molar-refractivity contribution < 1.29 is 4.79 Å². The first-order valence-corrected chi connectivity index (χ1v) is 8.53. The molecular formula is C21H22N2O. The number of carbonyl (C=O) groups is 1. The van der Waals surface area contributed by atoms with Crippen molar-refractivity contribution in [2.45, 2.75) is 32.2 Å². The SMILES string of the molecule is CC(=O)Nc1ccc2c(c1)C1C=CCC1C(c1ccc(C)cc1)N2. The average Bonchev–Trinajstić information content (AvgIpc) is 3.04. The molecule has 24 heavy (non-hydrogen) atoms. The van der Waals surface area contributed by atoms with Gasteiger partial charge >= 0.3 is 0 Å². The Morgan fingerprint density at radius 2 is 1.96 bits per heavy atom. The highest BCUT2D eigenvalue weighted by Gasteiger charge is 2.37. The van der Waals surface area contributed by atoms with Crippen LogP contribution in [0.15, 0.2) is 54.6 Å². The maximum atomic E-state index is 11.3. The van der Waals surface area contributed by atoms with E-state index in [0.717, 1.165) is 12.1 Å². The molecule has 3 nitrogen and oxygen atoms in total. The van der Waals surface area contributed by atoms with Crippen LogP contribution in [0.4, 0.5) is 11.4 Å². The second kappa shape index (κ2) is 5.82. The first-order chi connectivity index (χ1) is 11.6. The van der Waals surface area contributed by atoms with Crippen molar-refractivity contribution in [3.63, 3.8) is 0 Å². The molecule has 1 heterocycles. The van der Waals surface area contributed by atoms with Gasteiger partial charge in [-0.2, -0.15) is 0 Å². The fourth-order valence-corrected chi connectivity index (χ4v) is 3.98. The predicted octanol–water partition coefficient (Wildman–Crippen LogP) is 4.78. The van der Waals surface area contributed by atoms with Gasteiger partial charge in [0.15, 0.2) is 0 Å². The number of anilines is 2. The van der Waals surface area contributed by atoms with Gasteiger partial charge in [0, 0.05) is 24.2 Å². The third-order valence-corrected chi connectivity index (χ3v) is 5.12. The Bertz CT molecular complexity index is 807. The van der Waals surface area contributed by atoms with E-state index in [2.05, 4.69) is 66.1 Å². The molecule has 1 aliphatic heterocycles. The minimum Gasteiger partial charge on any atom is -0.378 e. The molecule has 2 aromatic rings. The molecule has 0 spiro atoms. The molecule has 4 rings (SSSR count). The van der Waals surface area contributed by atoms with Gasteiger partial charge < -0.3 is 10.6 Å². The number of nitrogens with one attached hydrogen (secondary N) is 2. The van der Waals surface area contributed by atoms with Crippen LogP contribution in [0.1, 0.15) is 42.0 Å². The lowest BCUT2D eigenvalue weighted by Crippen LogP contribution is -2.29. The zero-order chi connectivity index (χ0) is 16.7. The normalized spacial score (nSPS) is 24.0. The monoisotopic (exact) mass is 318 g/mol. The number of aryl methyl sites for hydroxylation is 1. The van der Waals surface area contributed by atoms with E-state index in [0.29, 0.717) is 17.9 Å². The van der Waals surface area contributed by atoms with Crippen molar-refractivity contribution in [2.24, 2.45) is 5.92 Å². The molecule has 0 aromatic heterocycles. The summed E-state index contributed by atoms with van der Waals surface area (Å²) in [5.41, 5.74) is 5.95. The molecule has 0 saturated heterocycles. The van der Waals surface area contributed by atoms with Crippen molar-refractivity contribution in [3.8, 4) is 0 Å². The molecule has 3 unspecified atom stereocenters. The zero-order valence-corrected chi connectivity index (χ0v) is 14.0. The summed E-state index contributed by atoms with van der Waals surface area (Å²) in [6.07, 6.45) is 5.70. The molecule has 122 valence electrons. The number of benzene rings is 2. The quantitative estimate of drug-likeness (QED) is 0.782. The highest BCUT2D eigenvalue weighted by Crippen LogP contribution is 2.50. The lowest BCUT2D eigenvalue weighted by atomic mass is 9.77. The lowest BCUT2D eigenvalue weighted by Gasteiger charge is -2.37. The van der Waals surface area contributed by atoms with E-state index in [-0.39, 0.29) is 5.91 Å². The Kier molecular flexibility index (Phi) is 3.64. The molecule has 2 aromatic carbocycles. The van der Waals surface area contributed by atoms with Crippen LogP contribution < -0.4 is 10.6 Å². The van der Waals surface area contributed by atoms with E-state index in [1.807, 2.05) is 6.07 Å². The minimum atomic E-state index is -0.0326. The predicted molar refractivity (Wildman–Crippen MR) is 98.3 cm³/mol. The van der Waals surface area contributed by atoms with Crippen LogP contribution in [0.5, 0.6) is 0 Å². The van der Waals surface area contributed by atoms with Crippen LogP contribution in [0.2, 0.25) is 0 Å². The molecule has 3 heteroatoms. The summed E-state index contributed by atoms with van der Waals surface area (Å²) in [5.74, 6) is 0.892. The third kappa shape index (κ3) is 2.60. The van der Waals surface area contributed by atoms with Gasteiger partial charge in [-0.3, -0.25) is 4.79 Å². The smallest absolute Gasteiger partial charge is 0.221 e. The molecular weight excluding hydrogens is 296 g/mol. The summed E-state index contributed by atoms with van der Waals surface area (Å²) in [4.78, 5) is 11.3. The van der Waals surface area contributed by atoms with Crippen molar-refractivity contribution in [1.29, 1.82) is 0 Å². The van der Waals surface area contributed by atoms with Crippen LogP contribution in [0.25, 0.3) is 0 Å². The molecule has 0 saturated carbocycles. The van der Waals surface area contributed by atoms with E-state index in [1.165, 1.54) is 22.4 Å². The van der Waals surface area contributed by atoms with Crippen LogP contribution in [0, 0.1) is 12.8 Å². The summed E-state index contributed by atoms with van der Waals surface area (Å²) in [5, 5.41) is 6.63. The maximum Gasteiger partial charge on any atom is 0.221 e. The van der Waals surface area contributed by atoms with E-state index in [9.17, 15) is 4.79 Å². The maximum absolute atomic E-state index is 11.3. The molecule has 1 aliphatic carbocycles. The largest absolute Gasteiger partial charge is 0.378 e. The van der Waals surface area contributed by atoms with Gasteiger partial charge in [-0.25, -0.2) is 0 Å². The zero-order valence-electron chi connectivity index (χ0n) is 14.0. The van der Waals surface area contributed by atoms with Crippen LogP contribution in [0.3, 0.4) is 0 Å². The Morgan fingerprint density at radius 1 is 1.17 bits per heavy atom. The molecule has 0 radical (unpaired) electrons. The molecule has 3 atom stereocenters. The Balaban J connectivity index is 1.72. The third-order valence-electron chi connectivity index (χ3n) is 5.12. The van der Waals surface area contributed by atoms with Crippen molar-refractivity contribution >= 4 is 17.3 Å². The Labute approximate surface area is 142 Å². The minimum absolute atomic E-state index is 0.0326. The van der Waals surface area contributed by atoms with Gasteiger partial charge in [0.25, 0.3) is 0 Å². The second-order valence-electron chi connectivity index (χ2n) is 6.87. The average molecular weight is 318 g/mol. The van der Waals surface area contributed by atoms with E-state index < -0.39 is 0 Å². The Morgan fingerprint density at radius 3 is 2.71 bits per heavy atom. The van der Waals surface area contributed by atoms with E-state index in [4.69, 9.17) is 0 Å². The van der Waals surface area contributed by atoms with Gasteiger partial charge in [-0.05, 0) is 48.6 Å². The molecule has 1 amide bonds. The molecule has 2 aliphatic rings. The van der Waals surface area contributed by atoms with Crippen molar-refractivity contribution in [3.05, 3.63) is 71.3 Å².